The quantitative estimate of drug-likeness (QED) is 0.786. The van der Waals surface area contributed by atoms with Crippen molar-refractivity contribution in [2.24, 2.45) is 11.8 Å². The molecule has 2 aromatic carbocycles. The topological polar surface area (TPSA) is 54.5 Å². The van der Waals surface area contributed by atoms with E-state index in [1.165, 1.54) is 4.90 Å². The van der Waals surface area contributed by atoms with Gasteiger partial charge in [-0.3, -0.25) is 14.4 Å². The van der Waals surface area contributed by atoms with E-state index in [-0.39, 0.29) is 23.5 Å². The van der Waals surface area contributed by atoms with Gasteiger partial charge in [0.25, 0.3) is 0 Å². The average Bonchev–Trinajstić information content (AvgIpc) is 2.93. The molecule has 6 rings (SSSR count). The van der Waals surface area contributed by atoms with Crippen LogP contribution in [0.1, 0.15) is 41.9 Å². The van der Waals surface area contributed by atoms with Crippen LogP contribution in [0.2, 0.25) is 0 Å². The molecule has 4 atom stereocenters. The number of benzene rings is 2. The molecule has 0 radical (unpaired) electrons. The smallest absolute Gasteiger partial charge is 0.238 e. The Morgan fingerprint density at radius 1 is 0.885 bits per heavy atom. The highest BCUT2D eigenvalue weighted by molar-refractivity contribution is 6.25. The Labute approximate surface area is 151 Å². The number of nitrogens with zero attached hydrogens (tertiary/aromatic N) is 1. The maximum absolute atomic E-state index is 13.3. The minimum Gasteiger partial charge on any atom is -0.299 e. The first-order valence-electron chi connectivity index (χ1n) is 9.20. The van der Waals surface area contributed by atoms with E-state index in [4.69, 9.17) is 0 Å². The van der Waals surface area contributed by atoms with Crippen molar-refractivity contribution in [1.82, 2.24) is 0 Å². The fourth-order valence-electron chi connectivity index (χ4n) is 5.22. The standard InChI is InChI=1S/C22H19NO3/c1-2-12-7-3-6-10-16(12)23-21(25)19-15-11-17(24)18(20(19)22(23)26)14-9-5-4-8-13(14)15/h3-10,15,18-20H,2,11H2,1H3/t15-,18-,19-,20-/m0/s1. The molecule has 4 nitrogen and oxygen atoms in total. The summed E-state index contributed by atoms with van der Waals surface area (Å²) in [4.78, 5) is 40.7. The van der Waals surface area contributed by atoms with Crippen molar-refractivity contribution in [3.05, 3.63) is 65.2 Å². The van der Waals surface area contributed by atoms with Gasteiger partial charge >= 0.3 is 0 Å². The van der Waals surface area contributed by atoms with Gasteiger partial charge in [0.05, 0.1) is 23.4 Å². The average molecular weight is 345 g/mol. The Morgan fingerprint density at radius 3 is 2.31 bits per heavy atom. The minimum absolute atomic E-state index is 0.0988. The van der Waals surface area contributed by atoms with Gasteiger partial charge in [0.1, 0.15) is 5.78 Å². The first-order valence-corrected chi connectivity index (χ1v) is 9.20. The zero-order valence-corrected chi connectivity index (χ0v) is 14.5. The van der Waals surface area contributed by atoms with Crippen LogP contribution >= 0.6 is 0 Å². The number of hydrogen-bond acceptors (Lipinski definition) is 3. The predicted molar refractivity (Wildman–Crippen MR) is 96.8 cm³/mol. The highest BCUT2D eigenvalue weighted by atomic mass is 16.2. The van der Waals surface area contributed by atoms with Crippen LogP contribution < -0.4 is 4.90 Å². The molecule has 0 aromatic heterocycles. The lowest BCUT2D eigenvalue weighted by atomic mass is 9.56. The first-order chi connectivity index (χ1) is 12.6. The number of amides is 2. The minimum atomic E-state index is -0.548. The Hall–Kier alpha value is -2.75. The zero-order chi connectivity index (χ0) is 18.0. The summed E-state index contributed by atoms with van der Waals surface area (Å²) >= 11 is 0. The van der Waals surface area contributed by atoms with Crippen LogP contribution in [-0.4, -0.2) is 17.6 Å². The number of rotatable bonds is 2. The molecule has 1 heterocycles. The maximum atomic E-state index is 13.3. The zero-order valence-electron chi connectivity index (χ0n) is 14.5. The molecule has 130 valence electrons. The number of fused-ring (bicyclic) bond motifs is 1. The number of carbonyl (C=O) groups excluding carboxylic acids is 3. The molecule has 0 unspecified atom stereocenters. The van der Waals surface area contributed by atoms with Crippen LogP contribution in [0.3, 0.4) is 0 Å². The Bertz CT molecular complexity index is 963. The summed E-state index contributed by atoms with van der Waals surface area (Å²) in [7, 11) is 0. The molecular weight excluding hydrogens is 326 g/mol. The van der Waals surface area contributed by atoms with Crippen LogP contribution in [0.5, 0.6) is 0 Å². The maximum Gasteiger partial charge on any atom is 0.238 e. The molecule has 1 saturated heterocycles. The van der Waals surface area contributed by atoms with Gasteiger partial charge in [-0.1, -0.05) is 49.4 Å². The molecular formula is C22H19NO3. The van der Waals surface area contributed by atoms with E-state index in [1.54, 1.807) is 0 Å². The molecule has 0 spiro atoms. The molecule has 4 heteroatoms. The second kappa shape index (κ2) is 5.37. The predicted octanol–water partition coefficient (Wildman–Crippen LogP) is 3.21. The molecule has 3 aliphatic carbocycles. The van der Waals surface area contributed by atoms with Gasteiger partial charge in [-0.2, -0.15) is 0 Å². The number of hydrogen-bond donors (Lipinski definition) is 0. The van der Waals surface area contributed by atoms with Crippen molar-refractivity contribution >= 4 is 23.3 Å². The van der Waals surface area contributed by atoms with Gasteiger partial charge in [0.2, 0.25) is 11.8 Å². The van der Waals surface area contributed by atoms with Crippen LogP contribution in [0.25, 0.3) is 0 Å². The van der Waals surface area contributed by atoms with Crippen molar-refractivity contribution in [3.63, 3.8) is 0 Å². The molecule has 2 amide bonds. The summed E-state index contributed by atoms with van der Waals surface area (Å²) in [5.74, 6) is -1.86. The van der Waals surface area contributed by atoms with Crippen molar-refractivity contribution in [1.29, 1.82) is 0 Å². The summed E-state index contributed by atoms with van der Waals surface area (Å²) in [6, 6.07) is 15.4. The van der Waals surface area contributed by atoms with Crippen LogP contribution in [0.15, 0.2) is 48.5 Å². The third kappa shape index (κ3) is 1.82. The van der Waals surface area contributed by atoms with Crippen molar-refractivity contribution in [2.75, 3.05) is 4.90 Å². The summed E-state index contributed by atoms with van der Waals surface area (Å²) in [5, 5.41) is 0. The number of imide groups is 1. The number of carbonyl (C=O) groups is 3. The van der Waals surface area contributed by atoms with Crippen molar-refractivity contribution in [3.8, 4) is 0 Å². The Balaban J connectivity index is 1.67. The number of anilines is 1. The molecule has 1 saturated carbocycles. The summed E-state index contributed by atoms with van der Waals surface area (Å²) in [6.07, 6.45) is 1.11. The largest absolute Gasteiger partial charge is 0.299 e. The van der Waals surface area contributed by atoms with Gasteiger partial charge in [0.15, 0.2) is 0 Å². The summed E-state index contributed by atoms with van der Waals surface area (Å²) < 4.78 is 0. The number of ketones is 1. The van der Waals surface area contributed by atoms with Crippen LogP contribution in [0.4, 0.5) is 5.69 Å². The van der Waals surface area contributed by atoms with Crippen LogP contribution in [-0.2, 0) is 20.8 Å². The molecule has 2 aromatic rings. The molecule has 2 fully saturated rings. The van der Waals surface area contributed by atoms with E-state index in [1.807, 2.05) is 55.5 Å². The monoisotopic (exact) mass is 345 g/mol. The fourth-order valence-corrected chi connectivity index (χ4v) is 5.22. The number of aryl methyl sites for hydroxylation is 1. The van der Waals surface area contributed by atoms with Gasteiger partial charge < -0.3 is 0 Å². The lowest BCUT2D eigenvalue weighted by molar-refractivity contribution is -0.134. The molecule has 4 aliphatic rings. The third-order valence-electron chi connectivity index (χ3n) is 6.30. The van der Waals surface area contributed by atoms with Gasteiger partial charge in [0, 0.05) is 12.3 Å². The van der Waals surface area contributed by atoms with Crippen molar-refractivity contribution in [2.45, 2.75) is 31.6 Å². The SMILES string of the molecule is CCc1ccccc1N1C(=O)[C@@H]2[C@@H](C1=O)[C@H]1CC(=O)[C@@H]2c2ccccc21. The van der Waals surface area contributed by atoms with Gasteiger partial charge in [-0.25, -0.2) is 4.90 Å². The van der Waals surface area contributed by atoms with E-state index in [0.29, 0.717) is 12.1 Å². The molecule has 2 bridgehead atoms. The van der Waals surface area contributed by atoms with Gasteiger partial charge in [-0.15, -0.1) is 0 Å². The third-order valence-corrected chi connectivity index (χ3v) is 6.30. The van der Waals surface area contributed by atoms with Gasteiger partial charge in [-0.05, 0) is 29.2 Å². The Kier molecular flexibility index (Phi) is 3.20. The highest BCUT2D eigenvalue weighted by Gasteiger charge is 2.62. The highest BCUT2D eigenvalue weighted by Crippen LogP contribution is 2.57. The van der Waals surface area contributed by atoms with E-state index < -0.39 is 17.8 Å². The lowest BCUT2D eigenvalue weighted by Crippen LogP contribution is -2.44. The number of para-hydroxylation sites is 1. The summed E-state index contributed by atoms with van der Waals surface area (Å²) in [5.41, 5.74) is 3.67. The lowest BCUT2D eigenvalue weighted by Gasteiger charge is -2.43. The molecule has 26 heavy (non-hydrogen) atoms. The Morgan fingerprint density at radius 2 is 1.54 bits per heavy atom. The first kappa shape index (κ1) is 15.5. The van der Waals surface area contributed by atoms with E-state index in [2.05, 4.69) is 0 Å². The second-order valence-electron chi connectivity index (χ2n) is 7.43. The van der Waals surface area contributed by atoms with E-state index >= 15 is 0 Å². The second-order valence-corrected chi connectivity index (χ2v) is 7.43. The summed E-state index contributed by atoms with van der Waals surface area (Å²) in [6.45, 7) is 2.01. The van der Waals surface area contributed by atoms with Crippen molar-refractivity contribution < 1.29 is 14.4 Å². The number of Topliss-reactive ketones (excluding diaryl/α,β-unsaturated/α-hetero) is 1. The normalized spacial score (nSPS) is 29.1. The van der Waals surface area contributed by atoms with E-state index in [0.717, 1.165) is 23.1 Å². The molecule has 0 N–H and O–H groups in total. The molecule has 1 aliphatic heterocycles. The van der Waals surface area contributed by atoms with E-state index in [9.17, 15) is 14.4 Å². The van der Waals surface area contributed by atoms with Crippen LogP contribution in [0, 0.1) is 11.8 Å². The fraction of sp³-hybridized carbons (Fsp3) is 0.318.